The lowest BCUT2D eigenvalue weighted by Crippen LogP contribution is -2.00. The summed E-state index contributed by atoms with van der Waals surface area (Å²) in [4.78, 5) is 14.9. The summed E-state index contributed by atoms with van der Waals surface area (Å²) in [7, 11) is 0. The van der Waals surface area contributed by atoms with E-state index in [1.807, 2.05) is 72.0 Å². The summed E-state index contributed by atoms with van der Waals surface area (Å²) in [6.07, 6.45) is 0. The highest BCUT2D eigenvalue weighted by Crippen LogP contribution is 2.46. The summed E-state index contributed by atoms with van der Waals surface area (Å²) in [6.45, 7) is 0. The predicted octanol–water partition coefficient (Wildman–Crippen LogP) is 13.6. The van der Waals surface area contributed by atoms with Crippen molar-refractivity contribution in [2.45, 2.75) is 0 Å². The van der Waals surface area contributed by atoms with Crippen LogP contribution in [0.4, 0.5) is 0 Å². The zero-order chi connectivity index (χ0) is 35.6. The molecule has 54 heavy (non-hydrogen) atoms. The molecule has 11 aromatic rings. The molecular weight excluding hydrogens is 679 g/mol. The average Bonchev–Trinajstić information content (AvgIpc) is 3.84. The number of aromatic nitrogens is 3. The monoisotopic (exact) mass is 707 g/mol. The summed E-state index contributed by atoms with van der Waals surface area (Å²) >= 11 is 1.84. The number of hydrogen-bond donors (Lipinski definition) is 0. The second-order valence-corrected chi connectivity index (χ2v) is 14.6. The van der Waals surface area contributed by atoms with Gasteiger partial charge in [-0.05, 0) is 28.6 Å². The molecule has 0 fully saturated rings. The van der Waals surface area contributed by atoms with Crippen LogP contribution in [0.1, 0.15) is 0 Å². The van der Waals surface area contributed by atoms with Gasteiger partial charge in [-0.1, -0.05) is 164 Å². The highest BCUT2D eigenvalue weighted by Gasteiger charge is 2.19. The van der Waals surface area contributed by atoms with E-state index in [-0.39, 0.29) is 0 Å². The molecule has 0 N–H and O–H groups in total. The zero-order valence-corrected chi connectivity index (χ0v) is 29.7. The highest BCUT2D eigenvalue weighted by atomic mass is 32.1. The number of hydrogen-bond acceptors (Lipinski definition) is 5. The molecule has 11 rings (SSSR count). The third kappa shape index (κ3) is 4.94. The van der Waals surface area contributed by atoms with Crippen molar-refractivity contribution >= 4 is 64.2 Å². The molecule has 8 aromatic carbocycles. The maximum atomic E-state index is 6.78. The molecule has 0 bridgehead atoms. The van der Waals surface area contributed by atoms with Crippen LogP contribution in [0.5, 0.6) is 0 Å². The predicted molar refractivity (Wildman–Crippen MR) is 225 cm³/mol. The summed E-state index contributed by atoms with van der Waals surface area (Å²) in [6, 6.07) is 61.4. The van der Waals surface area contributed by atoms with Crippen LogP contribution in [-0.2, 0) is 0 Å². The number of rotatable bonds is 5. The first-order chi connectivity index (χ1) is 26.8. The molecule has 4 nitrogen and oxygen atoms in total. The molecule has 5 heteroatoms. The molecule has 0 amide bonds. The van der Waals surface area contributed by atoms with Crippen LogP contribution in [0.3, 0.4) is 0 Å². The first-order valence-corrected chi connectivity index (χ1v) is 18.8. The van der Waals surface area contributed by atoms with Crippen molar-refractivity contribution < 1.29 is 4.42 Å². The van der Waals surface area contributed by atoms with Gasteiger partial charge in [-0.25, -0.2) is 15.0 Å². The quantitative estimate of drug-likeness (QED) is 0.179. The topological polar surface area (TPSA) is 51.8 Å². The Morgan fingerprint density at radius 1 is 0.333 bits per heavy atom. The minimum Gasteiger partial charge on any atom is -0.455 e. The van der Waals surface area contributed by atoms with E-state index >= 15 is 0 Å². The van der Waals surface area contributed by atoms with Gasteiger partial charge in [0.1, 0.15) is 11.2 Å². The smallest absolute Gasteiger partial charge is 0.164 e. The summed E-state index contributed by atoms with van der Waals surface area (Å²) in [5, 5.41) is 7.06. The van der Waals surface area contributed by atoms with E-state index in [1.54, 1.807) is 0 Å². The van der Waals surface area contributed by atoms with Gasteiger partial charge < -0.3 is 4.42 Å². The maximum Gasteiger partial charge on any atom is 0.164 e. The molecule has 252 valence electrons. The molecule has 0 aliphatic rings. The van der Waals surface area contributed by atoms with Gasteiger partial charge in [-0.3, -0.25) is 0 Å². The Balaban J connectivity index is 1.07. The maximum absolute atomic E-state index is 6.78. The normalized spacial score (nSPS) is 11.7. The molecule has 3 heterocycles. The Labute approximate surface area is 314 Å². The van der Waals surface area contributed by atoms with Gasteiger partial charge in [0.25, 0.3) is 0 Å². The van der Waals surface area contributed by atoms with Crippen LogP contribution >= 0.6 is 11.3 Å². The molecule has 0 atom stereocenters. The fraction of sp³-hybridized carbons (Fsp3) is 0. The van der Waals surface area contributed by atoms with Crippen LogP contribution in [-0.4, -0.2) is 15.0 Å². The van der Waals surface area contributed by atoms with Gasteiger partial charge in [0, 0.05) is 64.1 Å². The van der Waals surface area contributed by atoms with Crippen molar-refractivity contribution in [2.75, 3.05) is 0 Å². The van der Waals surface area contributed by atoms with E-state index in [2.05, 4.69) is 115 Å². The van der Waals surface area contributed by atoms with Gasteiger partial charge in [-0.15, -0.1) is 11.3 Å². The summed E-state index contributed by atoms with van der Waals surface area (Å²) < 4.78 is 9.27. The lowest BCUT2D eigenvalue weighted by molar-refractivity contribution is 0.674. The number of thiophene rings is 1. The van der Waals surface area contributed by atoms with E-state index in [1.165, 1.54) is 36.7 Å². The second-order valence-electron chi connectivity index (χ2n) is 13.5. The molecule has 0 saturated heterocycles. The van der Waals surface area contributed by atoms with Crippen molar-refractivity contribution in [1.29, 1.82) is 0 Å². The van der Waals surface area contributed by atoms with Crippen molar-refractivity contribution in [3.8, 4) is 56.4 Å². The SMILES string of the molecule is c1ccc(-c2nc(-c3ccccc3)nc(-c3cccc(-c4cccc5c4sc4c(-c6cccc7c6oc6c8ccccc8ccc76)cccc45)c3)n2)cc1. The number of benzene rings is 8. The van der Waals surface area contributed by atoms with Crippen LogP contribution in [0.25, 0.3) is 109 Å². The Morgan fingerprint density at radius 3 is 1.56 bits per heavy atom. The van der Waals surface area contributed by atoms with Gasteiger partial charge in [0.15, 0.2) is 17.5 Å². The number of fused-ring (bicyclic) bond motifs is 8. The molecule has 0 aliphatic heterocycles. The van der Waals surface area contributed by atoms with Gasteiger partial charge in [-0.2, -0.15) is 0 Å². The first kappa shape index (κ1) is 30.7. The molecule has 3 aromatic heterocycles. The van der Waals surface area contributed by atoms with Crippen LogP contribution in [0.15, 0.2) is 180 Å². The highest BCUT2D eigenvalue weighted by molar-refractivity contribution is 7.26. The number of furan rings is 1. The van der Waals surface area contributed by atoms with E-state index < -0.39 is 0 Å². The van der Waals surface area contributed by atoms with E-state index in [9.17, 15) is 0 Å². The zero-order valence-electron chi connectivity index (χ0n) is 28.9. The number of para-hydroxylation sites is 1. The first-order valence-electron chi connectivity index (χ1n) is 18.0. The third-order valence-corrected chi connectivity index (χ3v) is 11.6. The van der Waals surface area contributed by atoms with Crippen molar-refractivity contribution in [2.24, 2.45) is 0 Å². The number of nitrogens with zero attached hydrogens (tertiary/aromatic N) is 3. The largest absolute Gasteiger partial charge is 0.455 e. The minimum absolute atomic E-state index is 0.641. The van der Waals surface area contributed by atoms with Crippen LogP contribution in [0.2, 0.25) is 0 Å². The molecule has 0 unspecified atom stereocenters. The molecule has 0 spiro atoms. The summed E-state index contributed by atoms with van der Waals surface area (Å²) in [5.41, 5.74) is 9.26. The van der Waals surface area contributed by atoms with Crippen molar-refractivity contribution in [1.82, 2.24) is 15.0 Å². The second kappa shape index (κ2) is 12.3. The van der Waals surface area contributed by atoms with Gasteiger partial charge in [0.05, 0.1) is 0 Å². The molecular formula is C49H29N3OS. The molecule has 0 saturated carbocycles. The Bertz CT molecular complexity index is 3160. The van der Waals surface area contributed by atoms with Crippen LogP contribution in [0, 0.1) is 0 Å². The Kier molecular flexibility index (Phi) is 7.00. The fourth-order valence-corrected chi connectivity index (χ4v) is 9.13. The van der Waals surface area contributed by atoms with Gasteiger partial charge >= 0.3 is 0 Å². The standard InChI is InChI=1S/C49H29N3OS/c1-3-14-31(15-4-1)47-50-48(32-16-5-2-6-17-32)52-49(51-47)34-19-9-18-33(29-34)36-21-10-25-41-42-26-12-24-40(46(42)54-45(36)41)38-23-11-22-37-39-28-27-30-13-7-8-20-35(30)43(39)53-44(37)38/h1-29H. The summed E-state index contributed by atoms with van der Waals surface area (Å²) in [5.74, 6) is 1.94. The molecule has 0 radical (unpaired) electrons. The third-order valence-electron chi connectivity index (χ3n) is 10.3. The van der Waals surface area contributed by atoms with Crippen molar-refractivity contribution in [3.63, 3.8) is 0 Å². The Hall–Kier alpha value is -6.95. The van der Waals surface area contributed by atoms with E-state index in [0.29, 0.717) is 17.5 Å². The van der Waals surface area contributed by atoms with E-state index in [0.717, 1.165) is 55.1 Å². The van der Waals surface area contributed by atoms with Gasteiger partial charge in [0.2, 0.25) is 0 Å². The molecule has 0 aliphatic carbocycles. The van der Waals surface area contributed by atoms with E-state index in [4.69, 9.17) is 19.4 Å². The van der Waals surface area contributed by atoms with Crippen molar-refractivity contribution in [3.05, 3.63) is 176 Å². The Morgan fingerprint density at radius 2 is 0.833 bits per heavy atom. The lowest BCUT2D eigenvalue weighted by Gasteiger charge is -2.10. The average molecular weight is 708 g/mol. The lowest BCUT2D eigenvalue weighted by atomic mass is 9.98. The van der Waals surface area contributed by atoms with Crippen LogP contribution < -0.4 is 0 Å². The fourth-order valence-electron chi connectivity index (χ4n) is 7.76. The minimum atomic E-state index is 0.641.